The molecule has 0 bridgehead atoms. The molecule has 1 heterocycles. The van der Waals surface area contributed by atoms with Crippen molar-refractivity contribution in [3.8, 4) is 0 Å². The molecular weight excluding hydrogens is 349 g/mol. The molecule has 0 saturated carbocycles. The van der Waals surface area contributed by atoms with E-state index in [-0.39, 0.29) is 11.9 Å². The fourth-order valence-corrected chi connectivity index (χ4v) is 4.79. The number of fused-ring (bicyclic) bond motifs is 1. The molecule has 1 aliphatic carbocycles. The molecule has 1 N–H and O–H groups in total. The average molecular weight is 368 g/mol. The van der Waals surface area contributed by atoms with E-state index in [0.29, 0.717) is 11.6 Å². The van der Waals surface area contributed by atoms with E-state index >= 15 is 0 Å². The van der Waals surface area contributed by atoms with Crippen molar-refractivity contribution in [2.45, 2.75) is 45.2 Å². The molecule has 0 spiro atoms. The second kappa shape index (κ2) is 6.19. The topological polar surface area (TPSA) is 12.0 Å². The van der Waals surface area contributed by atoms with Crippen LogP contribution in [0.25, 0.3) is 0 Å². The van der Waals surface area contributed by atoms with Gasteiger partial charge in [-0.3, -0.25) is 0 Å². The highest BCUT2D eigenvalue weighted by atomic mass is 79.9. The largest absolute Gasteiger partial charge is 0.303 e. The van der Waals surface area contributed by atoms with Gasteiger partial charge in [-0.25, -0.2) is 4.39 Å². The number of hydrogen-bond acceptors (Lipinski definition) is 2. The van der Waals surface area contributed by atoms with Crippen LogP contribution in [0.5, 0.6) is 0 Å². The summed E-state index contributed by atoms with van der Waals surface area (Å²) in [5.74, 6) is -0.122. The van der Waals surface area contributed by atoms with E-state index in [1.165, 1.54) is 27.1 Å². The minimum atomic E-state index is -0.122. The second-order valence-electron chi connectivity index (χ2n) is 5.77. The maximum absolute atomic E-state index is 13.7. The van der Waals surface area contributed by atoms with Crippen LogP contribution < -0.4 is 5.32 Å². The standard InChI is InChI=1S/C17H19BrFNS/c1-10-6-7-12(8-14(10)19)11(2)20-15-4-3-5-16-13(15)9-17(18)21-16/h6-9,11,15,20H,3-5H2,1-2H3. The monoisotopic (exact) mass is 367 g/mol. The predicted octanol–water partition coefficient (Wildman–Crippen LogP) is 5.69. The molecule has 3 rings (SSSR count). The van der Waals surface area contributed by atoms with E-state index in [1.807, 2.05) is 23.5 Å². The van der Waals surface area contributed by atoms with Gasteiger partial charge in [0.15, 0.2) is 0 Å². The third-order valence-electron chi connectivity index (χ3n) is 4.23. The van der Waals surface area contributed by atoms with Gasteiger partial charge in [0.05, 0.1) is 3.79 Å². The lowest BCUT2D eigenvalue weighted by atomic mass is 9.92. The first-order chi connectivity index (χ1) is 10.0. The number of rotatable bonds is 3. The zero-order chi connectivity index (χ0) is 15.0. The first kappa shape index (κ1) is 15.2. The Morgan fingerprint density at radius 2 is 2.19 bits per heavy atom. The van der Waals surface area contributed by atoms with Gasteiger partial charge in [-0.05, 0) is 77.9 Å². The average Bonchev–Trinajstić information content (AvgIpc) is 2.83. The number of nitrogens with one attached hydrogen (secondary N) is 1. The first-order valence-electron chi connectivity index (χ1n) is 7.35. The molecule has 1 aliphatic rings. The van der Waals surface area contributed by atoms with Crippen molar-refractivity contribution in [2.24, 2.45) is 0 Å². The summed E-state index contributed by atoms with van der Waals surface area (Å²) in [6.07, 6.45) is 3.54. The number of halogens is 2. The van der Waals surface area contributed by atoms with Crippen LogP contribution in [0.15, 0.2) is 28.1 Å². The van der Waals surface area contributed by atoms with Crippen LogP contribution in [0.2, 0.25) is 0 Å². The van der Waals surface area contributed by atoms with E-state index in [2.05, 4.69) is 34.2 Å². The van der Waals surface area contributed by atoms with E-state index in [0.717, 1.165) is 12.0 Å². The van der Waals surface area contributed by atoms with Crippen molar-refractivity contribution >= 4 is 27.3 Å². The molecule has 0 amide bonds. The molecular formula is C17H19BrFNS. The van der Waals surface area contributed by atoms with Crippen molar-refractivity contribution in [1.29, 1.82) is 0 Å². The maximum Gasteiger partial charge on any atom is 0.126 e. The van der Waals surface area contributed by atoms with Crippen LogP contribution in [-0.4, -0.2) is 0 Å². The highest BCUT2D eigenvalue weighted by molar-refractivity contribution is 9.11. The molecule has 2 aromatic rings. The quantitative estimate of drug-likeness (QED) is 0.734. The fourth-order valence-electron chi connectivity index (χ4n) is 2.97. The molecule has 0 fully saturated rings. The number of benzene rings is 1. The van der Waals surface area contributed by atoms with Crippen LogP contribution in [0.4, 0.5) is 4.39 Å². The molecule has 112 valence electrons. The van der Waals surface area contributed by atoms with E-state index in [1.54, 1.807) is 13.0 Å². The summed E-state index contributed by atoms with van der Waals surface area (Å²) in [7, 11) is 0. The maximum atomic E-state index is 13.7. The third kappa shape index (κ3) is 3.22. The Morgan fingerprint density at radius 1 is 1.38 bits per heavy atom. The molecule has 21 heavy (non-hydrogen) atoms. The molecule has 2 atom stereocenters. The van der Waals surface area contributed by atoms with Crippen LogP contribution in [0.3, 0.4) is 0 Å². The lowest BCUT2D eigenvalue weighted by molar-refractivity contribution is 0.417. The van der Waals surface area contributed by atoms with Crippen LogP contribution in [0.1, 0.15) is 53.4 Å². The zero-order valence-corrected chi connectivity index (χ0v) is 14.7. The Hall–Kier alpha value is -0.710. The van der Waals surface area contributed by atoms with Crippen molar-refractivity contribution in [2.75, 3.05) is 0 Å². The molecule has 1 aromatic carbocycles. The number of thiophene rings is 1. The first-order valence-corrected chi connectivity index (χ1v) is 8.95. The Labute approximate surface area is 137 Å². The molecule has 2 unspecified atom stereocenters. The normalized spacial score (nSPS) is 19.3. The Kier molecular flexibility index (Phi) is 4.48. The fraction of sp³-hybridized carbons (Fsp3) is 0.412. The van der Waals surface area contributed by atoms with E-state index in [4.69, 9.17) is 0 Å². The van der Waals surface area contributed by atoms with Crippen LogP contribution in [-0.2, 0) is 6.42 Å². The number of aryl methyl sites for hydroxylation is 2. The summed E-state index contributed by atoms with van der Waals surface area (Å²) in [6, 6.07) is 8.28. The summed E-state index contributed by atoms with van der Waals surface area (Å²) in [5.41, 5.74) is 3.13. The lowest BCUT2D eigenvalue weighted by Gasteiger charge is -2.27. The van der Waals surface area contributed by atoms with Gasteiger partial charge in [-0.15, -0.1) is 11.3 Å². The van der Waals surface area contributed by atoms with Gasteiger partial charge < -0.3 is 5.32 Å². The van der Waals surface area contributed by atoms with Crippen molar-refractivity contribution < 1.29 is 4.39 Å². The van der Waals surface area contributed by atoms with Crippen molar-refractivity contribution in [3.63, 3.8) is 0 Å². The molecule has 1 nitrogen and oxygen atoms in total. The van der Waals surface area contributed by atoms with Gasteiger partial charge >= 0.3 is 0 Å². The van der Waals surface area contributed by atoms with Gasteiger partial charge in [0.1, 0.15) is 5.82 Å². The predicted molar refractivity (Wildman–Crippen MR) is 90.4 cm³/mol. The van der Waals surface area contributed by atoms with Gasteiger partial charge in [0.25, 0.3) is 0 Å². The Morgan fingerprint density at radius 3 is 2.95 bits per heavy atom. The lowest BCUT2D eigenvalue weighted by Crippen LogP contribution is -2.27. The van der Waals surface area contributed by atoms with Crippen molar-refractivity contribution in [3.05, 3.63) is 55.4 Å². The summed E-state index contributed by atoms with van der Waals surface area (Å²) >= 11 is 5.43. The van der Waals surface area contributed by atoms with Crippen LogP contribution in [0, 0.1) is 12.7 Å². The second-order valence-corrected chi connectivity index (χ2v) is 8.29. The third-order valence-corrected chi connectivity index (χ3v) is 5.94. The Balaban J connectivity index is 1.79. The zero-order valence-electron chi connectivity index (χ0n) is 12.2. The highest BCUT2D eigenvalue weighted by Crippen LogP contribution is 2.39. The smallest absolute Gasteiger partial charge is 0.126 e. The van der Waals surface area contributed by atoms with Gasteiger partial charge in [0, 0.05) is 17.0 Å². The minimum Gasteiger partial charge on any atom is -0.303 e. The van der Waals surface area contributed by atoms with Gasteiger partial charge in [0.2, 0.25) is 0 Å². The minimum absolute atomic E-state index is 0.122. The van der Waals surface area contributed by atoms with E-state index in [9.17, 15) is 4.39 Å². The summed E-state index contributed by atoms with van der Waals surface area (Å²) in [5, 5.41) is 3.67. The molecule has 0 aliphatic heterocycles. The SMILES string of the molecule is Cc1ccc(C(C)NC2CCCc3sc(Br)cc32)cc1F. The molecule has 0 saturated heterocycles. The molecule has 1 aromatic heterocycles. The van der Waals surface area contributed by atoms with Gasteiger partial charge in [-0.1, -0.05) is 12.1 Å². The molecule has 0 radical (unpaired) electrons. The highest BCUT2D eigenvalue weighted by Gasteiger charge is 2.24. The molecule has 4 heteroatoms. The van der Waals surface area contributed by atoms with E-state index < -0.39 is 0 Å². The van der Waals surface area contributed by atoms with Crippen molar-refractivity contribution in [1.82, 2.24) is 5.32 Å². The Bertz CT molecular complexity index is 652. The summed E-state index contributed by atoms with van der Waals surface area (Å²) in [6.45, 7) is 3.91. The number of hydrogen-bond donors (Lipinski definition) is 1. The van der Waals surface area contributed by atoms with Gasteiger partial charge in [-0.2, -0.15) is 0 Å². The summed E-state index contributed by atoms with van der Waals surface area (Å²) in [4.78, 5) is 1.48. The summed E-state index contributed by atoms with van der Waals surface area (Å²) < 4.78 is 14.9. The van der Waals surface area contributed by atoms with Crippen LogP contribution >= 0.6 is 27.3 Å².